The number of ketones is 1. The van der Waals surface area contributed by atoms with Crippen molar-refractivity contribution < 1.29 is 4.79 Å². The number of nitrogen functional groups attached to an aromatic ring is 1. The van der Waals surface area contributed by atoms with Crippen molar-refractivity contribution in [2.24, 2.45) is 0 Å². The first-order valence-corrected chi connectivity index (χ1v) is 6.33. The Hall–Kier alpha value is -2.35. The van der Waals surface area contributed by atoms with Crippen molar-refractivity contribution in [1.82, 2.24) is 0 Å². The molecule has 0 saturated heterocycles. The van der Waals surface area contributed by atoms with E-state index in [0.717, 1.165) is 17.7 Å². The minimum Gasteiger partial charge on any atom is -0.399 e. The molecule has 1 aliphatic rings. The minimum absolute atomic E-state index is 0.0891. The lowest BCUT2D eigenvalue weighted by molar-refractivity contribution is -0.115. The van der Waals surface area contributed by atoms with E-state index < -0.39 is 0 Å². The summed E-state index contributed by atoms with van der Waals surface area (Å²) in [7, 11) is 0. The van der Waals surface area contributed by atoms with E-state index in [-0.39, 0.29) is 11.7 Å². The van der Waals surface area contributed by atoms with Crippen LogP contribution in [0.5, 0.6) is 0 Å². The average Bonchev–Trinajstić information content (AvgIpc) is 2.88. The van der Waals surface area contributed by atoms with E-state index in [1.165, 1.54) is 0 Å². The van der Waals surface area contributed by atoms with Crippen molar-refractivity contribution in [3.8, 4) is 0 Å². The van der Waals surface area contributed by atoms with Crippen LogP contribution in [0.15, 0.2) is 72.8 Å². The van der Waals surface area contributed by atoms with Crippen LogP contribution >= 0.6 is 0 Å². The fourth-order valence-corrected chi connectivity index (χ4v) is 1.99. The van der Waals surface area contributed by atoms with Crippen molar-refractivity contribution in [3.63, 3.8) is 0 Å². The number of carbonyl (C=O) groups is 1. The third-order valence-electron chi connectivity index (χ3n) is 3.00. The van der Waals surface area contributed by atoms with Gasteiger partial charge in [0.05, 0.1) is 5.92 Å². The largest absolute Gasteiger partial charge is 0.399 e. The number of para-hydroxylation sites is 1. The number of anilines is 1. The molecule has 0 spiro atoms. The second-order valence-corrected chi connectivity index (χ2v) is 4.41. The van der Waals surface area contributed by atoms with Gasteiger partial charge in [-0.3, -0.25) is 4.79 Å². The summed E-state index contributed by atoms with van der Waals surface area (Å²) in [4.78, 5) is 11.3. The topological polar surface area (TPSA) is 43.1 Å². The van der Waals surface area contributed by atoms with Crippen molar-refractivity contribution >= 4 is 11.5 Å². The third-order valence-corrected chi connectivity index (χ3v) is 3.00. The van der Waals surface area contributed by atoms with E-state index >= 15 is 0 Å². The summed E-state index contributed by atoms with van der Waals surface area (Å²) in [6, 6.07) is 19.4. The molecule has 0 aromatic heterocycles. The SMILES string of the molecule is Nc1ccccc1.O=C1C=CCC1c1ccccc1. The highest BCUT2D eigenvalue weighted by Gasteiger charge is 2.20. The first-order valence-electron chi connectivity index (χ1n) is 6.33. The van der Waals surface area contributed by atoms with Crippen LogP contribution in [0.2, 0.25) is 0 Å². The summed E-state index contributed by atoms with van der Waals surface area (Å²) in [6.45, 7) is 0. The van der Waals surface area contributed by atoms with Gasteiger partial charge in [-0.1, -0.05) is 54.6 Å². The van der Waals surface area contributed by atoms with Gasteiger partial charge in [-0.25, -0.2) is 0 Å². The number of carbonyl (C=O) groups excluding carboxylic acids is 1. The lowest BCUT2D eigenvalue weighted by Crippen LogP contribution is -2.03. The Kier molecular flexibility index (Phi) is 4.51. The van der Waals surface area contributed by atoms with E-state index in [0.29, 0.717) is 0 Å². The van der Waals surface area contributed by atoms with Gasteiger partial charge in [-0.2, -0.15) is 0 Å². The lowest BCUT2D eigenvalue weighted by Gasteiger charge is -2.06. The molecule has 2 aromatic carbocycles. The summed E-state index contributed by atoms with van der Waals surface area (Å²) in [6.07, 6.45) is 4.49. The Labute approximate surface area is 113 Å². The van der Waals surface area contributed by atoms with Crippen LogP contribution < -0.4 is 5.73 Å². The van der Waals surface area contributed by atoms with Gasteiger partial charge in [0.25, 0.3) is 0 Å². The zero-order valence-corrected chi connectivity index (χ0v) is 10.7. The molecule has 2 nitrogen and oxygen atoms in total. The number of hydrogen-bond donors (Lipinski definition) is 1. The van der Waals surface area contributed by atoms with Gasteiger partial charge in [0.15, 0.2) is 5.78 Å². The highest BCUT2D eigenvalue weighted by Crippen LogP contribution is 2.25. The number of hydrogen-bond acceptors (Lipinski definition) is 2. The maximum absolute atomic E-state index is 11.3. The Balaban J connectivity index is 0.000000163. The van der Waals surface area contributed by atoms with Crippen LogP contribution in [-0.2, 0) is 4.79 Å². The number of rotatable bonds is 1. The zero-order chi connectivity index (χ0) is 13.5. The molecule has 3 rings (SSSR count). The summed E-state index contributed by atoms with van der Waals surface area (Å²) in [5.41, 5.74) is 7.31. The normalized spacial score (nSPS) is 16.8. The molecule has 0 amide bonds. The van der Waals surface area contributed by atoms with Crippen molar-refractivity contribution in [3.05, 3.63) is 78.4 Å². The average molecular weight is 251 g/mol. The first kappa shape index (κ1) is 13.1. The van der Waals surface area contributed by atoms with Crippen LogP contribution in [0.3, 0.4) is 0 Å². The molecular weight excluding hydrogens is 234 g/mol. The van der Waals surface area contributed by atoms with Gasteiger partial charge >= 0.3 is 0 Å². The third kappa shape index (κ3) is 3.81. The van der Waals surface area contributed by atoms with Crippen LogP contribution in [0, 0.1) is 0 Å². The van der Waals surface area contributed by atoms with Gasteiger partial charge < -0.3 is 5.73 Å². The quantitative estimate of drug-likeness (QED) is 0.787. The van der Waals surface area contributed by atoms with Crippen LogP contribution in [0.4, 0.5) is 5.69 Å². The summed E-state index contributed by atoms with van der Waals surface area (Å²) < 4.78 is 0. The van der Waals surface area contributed by atoms with E-state index in [9.17, 15) is 4.79 Å². The van der Waals surface area contributed by atoms with Crippen LogP contribution in [-0.4, -0.2) is 5.78 Å². The molecule has 0 fully saturated rings. The van der Waals surface area contributed by atoms with Crippen molar-refractivity contribution in [2.75, 3.05) is 5.73 Å². The number of allylic oxidation sites excluding steroid dienone is 2. The molecule has 0 aliphatic heterocycles. The molecule has 2 aromatic rings. The molecule has 0 bridgehead atoms. The maximum Gasteiger partial charge on any atom is 0.163 e. The molecule has 96 valence electrons. The predicted octanol–water partition coefficient (Wildman–Crippen LogP) is 3.57. The summed E-state index contributed by atoms with van der Waals surface area (Å²) >= 11 is 0. The van der Waals surface area contributed by atoms with Gasteiger partial charge in [0, 0.05) is 5.69 Å². The van der Waals surface area contributed by atoms with Gasteiger partial charge in [0.2, 0.25) is 0 Å². The van der Waals surface area contributed by atoms with Gasteiger partial charge in [0.1, 0.15) is 0 Å². The summed E-state index contributed by atoms with van der Waals surface area (Å²) in [5, 5.41) is 0. The fraction of sp³-hybridized carbons (Fsp3) is 0.118. The zero-order valence-electron chi connectivity index (χ0n) is 10.7. The Bertz CT molecular complexity index is 546. The molecule has 19 heavy (non-hydrogen) atoms. The van der Waals surface area contributed by atoms with E-state index in [1.54, 1.807) is 6.08 Å². The molecule has 1 unspecified atom stereocenters. The Morgan fingerprint density at radius 2 is 1.47 bits per heavy atom. The molecule has 1 atom stereocenters. The molecule has 0 heterocycles. The standard InChI is InChI=1S/C11H10O.C6H7N/c12-11-8-4-7-10(11)9-5-2-1-3-6-9;7-6-4-2-1-3-5-6/h1-6,8,10H,7H2;1-5H,7H2. The highest BCUT2D eigenvalue weighted by atomic mass is 16.1. The lowest BCUT2D eigenvalue weighted by atomic mass is 9.96. The molecule has 0 saturated carbocycles. The Morgan fingerprint density at radius 1 is 0.895 bits per heavy atom. The molecule has 0 radical (unpaired) electrons. The van der Waals surface area contributed by atoms with Crippen molar-refractivity contribution in [2.45, 2.75) is 12.3 Å². The molecule has 2 N–H and O–H groups in total. The van der Waals surface area contributed by atoms with Gasteiger partial charge in [-0.05, 0) is 30.2 Å². The second-order valence-electron chi connectivity index (χ2n) is 4.41. The van der Waals surface area contributed by atoms with Crippen LogP contribution in [0.25, 0.3) is 0 Å². The maximum atomic E-state index is 11.3. The first-order chi connectivity index (χ1) is 9.27. The predicted molar refractivity (Wildman–Crippen MR) is 78.8 cm³/mol. The van der Waals surface area contributed by atoms with Crippen molar-refractivity contribution in [1.29, 1.82) is 0 Å². The van der Waals surface area contributed by atoms with Crippen LogP contribution in [0.1, 0.15) is 17.9 Å². The monoisotopic (exact) mass is 251 g/mol. The minimum atomic E-state index is 0.0891. The molecular formula is C17H17NO. The summed E-state index contributed by atoms with van der Waals surface area (Å²) in [5.74, 6) is 0.326. The van der Waals surface area contributed by atoms with E-state index in [4.69, 9.17) is 5.73 Å². The molecule has 1 aliphatic carbocycles. The number of nitrogens with two attached hydrogens (primary N) is 1. The van der Waals surface area contributed by atoms with E-state index in [2.05, 4.69) is 0 Å². The fourth-order valence-electron chi connectivity index (χ4n) is 1.99. The smallest absolute Gasteiger partial charge is 0.163 e. The highest BCUT2D eigenvalue weighted by molar-refractivity contribution is 5.97. The Morgan fingerprint density at radius 3 is 1.89 bits per heavy atom. The van der Waals surface area contributed by atoms with Gasteiger partial charge in [-0.15, -0.1) is 0 Å². The van der Waals surface area contributed by atoms with E-state index in [1.807, 2.05) is 66.7 Å². The second kappa shape index (κ2) is 6.55. The molecule has 2 heteroatoms. The number of benzene rings is 2.